The summed E-state index contributed by atoms with van der Waals surface area (Å²) in [6.07, 6.45) is 3.98. The zero-order valence-electron chi connectivity index (χ0n) is 13.5. The Bertz CT molecular complexity index is 413. The smallest absolute Gasteiger partial charge is 0.417 e. The molecule has 134 valence electrons. The minimum absolute atomic E-state index is 0.0249. The summed E-state index contributed by atoms with van der Waals surface area (Å²) in [7, 11) is 0. The van der Waals surface area contributed by atoms with Crippen LogP contribution in [0.1, 0.15) is 25.7 Å². The molecule has 0 heterocycles. The van der Waals surface area contributed by atoms with Crippen LogP contribution in [0.25, 0.3) is 0 Å². The number of carbonyl (C=O) groups is 4. The maximum atomic E-state index is 11.3. The molecule has 0 spiro atoms. The molecule has 0 aromatic rings. The molecule has 0 radical (unpaired) electrons. The number of carbonyl (C=O) groups excluding carboxylic acids is 4. The van der Waals surface area contributed by atoms with E-state index in [1.807, 2.05) is 0 Å². The molecule has 0 saturated heterocycles. The van der Waals surface area contributed by atoms with Crippen molar-refractivity contribution < 1.29 is 38.1 Å². The zero-order chi connectivity index (χ0) is 18.2. The van der Waals surface area contributed by atoms with Gasteiger partial charge in [0.05, 0.1) is 26.4 Å². The van der Waals surface area contributed by atoms with Crippen molar-refractivity contribution in [2.24, 2.45) is 0 Å². The Labute approximate surface area is 140 Å². The first-order valence-corrected chi connectivity index (χ1v) is 7.43. The minimum atomic E-state index is -1.07. The van der Waals surface area contributed by atoms with E-state index in [2.05, 4.69) is 13.2 Å². The van der Waals surface area contributed by atoms with E-state index in [4.69, 9.17) is 18.9 Å². The summed E-state index contributed by atoms with van der Waals surface area (Å²) < 4.78 is 18.9. The van der Waals surface area contributed by atoms with Crippen molar-refractivity contribution in [1.82, 2.24) is 0 Å². The Balaban J connectivity index is 3.54. The fraction of sp³-hybridized carbons (Fsp3) is 0.500. The van der Waals surface area contributed by atoms with Crippen molar-refractivity contribution in [3.8, 4) is 0 Å². The van der Waals surface area contributed by atoms with Crippen molar-refractivity contribution in [3.63, 3.8) is 0 Å². The summed E-state index contributed by atoms with van der Waals surface area (Å²) in [5.74, 6) is -3.18. The van der Waals surface area contributed by atoms with Crippen molar-refractivity contribution >= 4 is 23.9 Å². The maximum absolute atomic E-state index is 11.3. The third kappa shape index (κ3) is 12.0. The molecular weight excluding hydrogens is 320 g/mol. The molecule has 8 nitrogen and oxygen atoms in total. The lowest BCUT2D eigenvalue weighted by Gasteiger charge is -2.06. The lowest BCUT2D eigenvalue weighted by atomic mass is 10.3. The van der Waals surface area contributed by atoms with E-state index in [0.29, 0.717) is 25.7 Å². The highest BCUT2D eigenvalue weighted by atomic mass is 16.6. The first-order valence-electron chi connectivity index (χ1n) is 7.43. The molecule has 24 heavy (non-hydrogen) atoms. The second kappa shape index (κ2) is 14.0. The van der Waals surface area contributed by atoms with E-state index in [1.165, 1.54) is 0 Å². The highest BCUT2D eigenvalue weighted by Gasteiger charge is 2.16. The summed E-state index contributed by atoms with van der Waals surface area (Å²) in [4.78, 5) is 44.1. The van der Waals surface area contributed by atoms with Gasteiger partial charge in [-0.15, -0.1) is 0 Å². The molecule has 0 N–H and O–H groups in total. The Morgan fingerprint density at radius 1 is 0.583 bits per heavy atom. The summed E-state index contributed by atoms with van der Waals surface area (Å²) in [6.45, 7) is 6.92. The van der Waals surface area contributed by atoms with Gasteiger partial charge in [0, 0.05) is 12.2 Å². The predicted octanol–water partition coefficient (Wildman–Crippen LogP) is 1.09. The van der Waals surface area contributed by atoms with Crippen LogP contribution in [0.2, 0.25) is 0 Å². The Morgan fingerprint density at radius 3 is 1.17 bits per heavy atom. The van der Waals surface area contributed by atoms with Crippen LogP contribution in [0.15, 0.2) is 25.3 Å². The molecule has 0 amide bonds. The van der Waals surface area contributed by atoms with Gasteiger partial charge in [-0.05, 0) is 25.7 Å². The van der Waals surface area contributed by atoms with Crippen LogP contribution in [0, 0.1) is 0 Å². The molecule has 0 aromatic heterocycles. The minimum Gasteiger partial charge on any atom is -0.463 e. The van der Waals surface area contributed by atoms with E-state index in [-0.39, 0.29) is 26.4 Å². The first kappa shape index (κ1) is 21.4. The Kier molecular flexibility index (Phi) is 12.4. The average Bonchev–Trinajstić information content (AvgIpc) is 2.59. The summed E-state index contributed by atoms with van der Waals surface area (Å²) in [5, 5.41) is 0. The average molecular weight is 342 g/mol. The number of hydrogen-bond acceptors (Lipinski definition) is 8. The summed E-state index contributed by atoms with van der Waals surface area (Å²) in [5.41, 5.74) is 0. The standard InChI is InChI=1S/C16H22O8/c1-3-13(17)21-9-5-7-11-23-15(19)16(20)24-12-8-6-10-22-14(18)4-2/h3-4H,1-2,5-12H2. The van der Waals surface area contributed by atoms with Crippen LogP contribution in [-0.4, -0.2) is 50.3 Å². The van der Waals surface area contributed by atoms with E-state index in [9.17, 15) is 19.2 Å². The third-order valence-corrected chi connectivity index (χ3v) is 2.53. The van der Waals surface area contributed by atoms with E-state index in [0.717, 1.165) is 12.2 Å². The molecular formula is C16H22O8. The first-order chi connectivity index (χ1) is 11.5. The number of esters is 4. The van der Waals surface area contributed by atoms with E-state index < -0.39 is 23.9 Å². The van der Waals surface area contributed by atoms with Crippen LogP contribution in [-0.2, 0) is 38.1 Å². The predicted molar refractivity (Wildman–Crippen MR) is 82.7 cm³/mol. The highest BCUT2D eigenvalue weighted by Crippen LogP contribution is 1.96. The second-order valence-electron chi connectivity index (χ2n) is 4.43. The lowest BCUT2D eigenvalue weighted by molar-refractivity contribution is -0.167. The zero-order valence-corrected chi connectivity index (χ0v) is 13.5. The SMILES string of the molecule is C=CC(=O)OCCCCOC(=O)C(=O)OCCCCOC(=O)C=C. The fourth-order valence-corrected chi connectivity index (χ4v) is 1.32. The van der Waals surface area contributed by atoms with Gasteiger partial charge in [-0.2, -0.15) is 0 Å². The molecule has 0 aliphatic carbocycles. The molecule has 0 unspecified atom stereocenters. The fourth-order valence-electron chi connectivity index (χ4n) is 1.32. The molecule has 0 rings (SSSR count). The molecule has 8 heteroatoms. The molecule has 0 aromatic carbocycles. The molecule has 0 aliphatic heterocycles. The van der Waals surface area contributed by atoms with Gasteiger partial charge in [0.25, 0.3) is 0 Å². The molecule has 0 bridgehead atoms. The summed E-state index contributed by atoms with van der Waals surface area (Å²) >= 11 is 0. The van der Waals surface area contributed by atoms with Gasteiger partial charge in [-0.3, -0.25) is 0 Å². The number of rotatable bonds is 12. The Hall–Kier alpha value is -2.64. The van der Waals surface area contributed by atoms with Gasteiger partial charge >= 0.3 is 23.9 Å². The largest absolute Gasteiger partial charge is 0.463 e. The number of unbranched alkanes of at least 4 members (excludes halogenated alkanes) is 2. The van der Waals surface area contributed by atoms with Crippen molar-refractivity contribution in [2.75, 3.05) is 26.4 Å². The van der Waals surface area contributed by atoms with E-state index in [1.54, 1.807) is 0 Å². The van der Waals surface area contributed by atoms with Crippen LogP contribution in [0.4, 0.5) is 0 Å². The van der Waals surface area contributed by atoms with Gasteiger partial charge in [-0.1, -0.05) is 13.2 Å². The van der Waals surface area contributed by atoms with Crippen LogP contribution in [0.3, 0.4) is 0 Å². The molecule has 0 atom stereocenters. The van der Waals surface area contributed by atoms with Crippen molar-refractivity contribution in [3.05, 3.63) is 25.3 Å². The second-order valence-corrected chi connectivity index (χ2v) is 4.43. The van der Waals surface area contributed by atoms with Crippen molar-refractivity contribution in [1.29, 1.82) is 0 Å². The third-order valence-electron chi connectivity index (χ3n) is 2.53. The number of hydrogen-bond donors (Lipinski definition) is 0. The Morgan fingerprint density at radius 2 is 0.875 bits per heavy atom. The lowest BCUT2D eigenvalue weighted by Crippen LogP contribution is -2.21. The van der Waals surface area contributed by atoms with Gasteiger partial charge in [0.1, 0.15) is 0 Å². The van der Waals surface area contributed by atoms with Crippen molar-refractivity contribution in [2.45, 2.75) is 25.7 Å². The summed E-state index contributed by atoms with van der Waals surface area (Å²) in [6, 6.07) is 0. The van der Waals surface area contributed by atoms with Gasteiger partial charge < -0.3 is 18.9 Å². The van der Waals surface area contributed by atoms with Crippen LogP contribution >= 0.6 is 0 Å². The quantitative estimate of drug-likeness (QED) is 0.171. The van der Waals surface area contributed by atoms with Gasteiger partial charge in [-0.25, -0.2) is 19.2 Å². The molecule has 0 saturated carbocycles. The maximum Gasteiger partial charge on any atom is 0.417 e. The topological polar surface area (TPSA) is 105 Å². The monoisotopic (exact) mass is 342 g/mol. The van der Waals surface area contributed by atoms with Gasteiger partial charge in [0.15, 0.2) is 0 Å². The van der Waals surface area contributed by atoms with E-state index >= 15 is 0 Å². The number of ether oxygens (including phenoxy) is 4. The van der Waals surface area contributed by atoms with Gasteiger partial charge in [0.2, 0.25) is 0 Å². The molecule has 0 fully saturated rings. The van der Waals surface area contributed by atoms with Crippen LogP contribution < -0.4 is 0 Å². The van der Waals surface area contributed by atoms with Crippen LogP contribution in [0.5, 0.6) is 0 Å². The molecule has 0 aliphatic rings. The normalized spacial score (nSPS) is 9.50. The highest BCUT2D eigenvalue weighted by molar-refractivity contribution is 6.29.